The smallest absolute Gasteiger partial charge is 0.369 e. The van der Waals surface area contributed by atoms with Gasteiger partial charge in [0.25, 0.3) is 5.91 Å². The van der Waals surface area contributed by atoms with Crippen LogP contribution >= 0.6 is 12.4 Å². The average Bonchev–Trinajstić information content (AvgIpc) is 4.04. The number of H-pyrrole nitrogens is 1. The van der Waals surface area contributed by atoms with Crippen LogP contribution in [0, 0.1) is 32.1 Å². The monoisotopic (exact) mass is 947 g/mol. The molecule has 1 aliphatic rings. The molecule has 67 heavy (non-hydrogen) atoms. The van der Waals surface area contributed by atoms with Crippen molar-refractivity contribution in [1.82, 2.24) is 25.5 Å². The predicted molar refractivity (Wildman–Crippen MR) is 249 cm³/mol. The molecule has 5 N–H and O–H groups in total. The lowest BCUT2D eigenvalue weighted by Gasteiger charge is -2.38. The number of nitro groups is 2. The SMILES string of the molecule is CC[C@H](C)[C@H](NC(=O)[C@@H]1CCCN1C(=O)[C@H](Cc1c[nH]cn1)N(C(=O)[C@@H](NC(=O)[C@@H](N)Cc1ccc(OCc2ccccc2)cc1)[C@@H](C)CC)c1cccc([N+](=O)[O-])c1[N+](=O)[O-])C(=O)OC.Cl. The number of carbonyl (C=O) groups is 5. The Morgan fingerprint density at radius 1 is 0.896 bits per heavy atom. The molecule has 1 fully saturated rings. The Morgan fingerprint density at radius 3 is 2.16 bits per heavy atom. The highest BCUT2D eigenvalue weighted by molar-refractivity contribution is 6.07. The van der Waals surface area contributed by atoms with Gasteiger partial charge in [0.2, 0.25) is 17.7 Å². The van der Waals surface area contributed by atoms with Crippen molar-refractivity contribution in [2.45, 2.75) is 103 Å². The molecule has 0 unspecified atom stereocenters. The van der Waals surface area contributed by atoms with Crippen molar-refractivity contribution in [2.24, 2.45) is 17.6 Å². The number of imidazole rings is 1. The lowest BCUT2D eigenvalue weighted by Crippen LogP contribution is -2.62. The number of rotatable bonds is 22. The summed E-state index contributed by atoms with van der Waals surface area (Å²) < 4.78 is 10.8. The van der Waals surface area contributed by atoms with Gasteiger partial charge in [-0.05, 0) is 60.4 Å². The van der Waals surface area contributed by atoms with Gasteiger partial charge in [0.05, 0.1) is 35.0 Å². The van der Waals surface area contributed by atoms with E-state index in [1.54, 1.807) is 45.0 Å². The molecular formula is C46H58ClN9O11. The largest absolute Gasteiger partial charge is 0.489 e. The summed E-state index contributed by atoms with van der Waals surface area (Å²) in [5.74, 6) is -4.38. The minimum absolute atomic E-state index is 0. The molecule has 0 bridgehead atoms. The van der Waals surface area contributed by atoms with Crippen LogP contribution in [0.5, 0.6) is 5.75 Å². The van der Waals surface area contributed by atoms with Crippen molar-refractivity contribution in [3.63, 3.8) is 0 Å². The summed E-state index contributed by atoms with van der Waals surface area (Å²) >= 11 is 0. The third-order valence-corrected chi connectivity index (χ3v) is 12.0. The van der Waals surface area contributed by atoms with Crippen molar-refractivity contribution in [3.05, 3.63) is 122 Å². The van der Waals surface area contributed by atoms with Crippen molar-refractivity contribution in [1.29, 1.82) is 0 Å². The highest BCUT2D eigenvalue weighted by Gasteiger charge is 2.47. The Kier molecular flexibility index (Phi) is 19.3. The van der Waals surface area contributed by atoms with Crippen LogP contribution in [0.3, 0.4) is 0 Å². The van der Waals surface area contributed by atoms with Crippen molar-refractivity contribution in [3.8, 4) is 5.75 Å². The fraction of sp³-hybridized carbons (Fsp3) is 0.435. The summed E-state index contributed by atoms with van der Waals surface area (Å²) in [6, 6.07) is 13.2. The molecule has 0 aliphatic carbocycles. The van der Waals surface area contributed by atoms with Crippen molar-refractivity contribution in [2.75, 3.05) is 18.6 Å². The summed E-state index contributed by atoms with van der Waals surface area (Å²) in [6.45, 7) is 7.36. The first kappa shape index (κ1) is 52.7. The molecule has 1 saturated heterocycles. The lowest BCUT2D eigenvalue weighted by molar-refractivity contribution is -0.422. The zero-order chi connectivity index (χ0) is 48.1. The number of nitrogens with one attached hydrogen (secondary N) is 3. The Hall–Kier alpha value is -6.93. The second kappa shape index (κ2) is 24.6. The minimum Gasteiger partial charge on any atom is -0.489 e. The van der Waals surface area contributed by atoms with Crippen LogP contribution in [0.2, 0.25) is 0 Å². The van der Waals surface area contributed by atoms with Gasteiger partial charge in [-0.15, -0.1) is 12.4 Å². The standard InChI is InChI=1S/C46H57N9O11.ClH/c1-6-28(3)39(50-42(56)34(47)23-30-18-20-33(21-19-30)66-26-31-13-9-8-10-14-31)45(59)53(35-15-11-16-36(54(61)62)41(35)55(63)64)38(24-32-25-48-27-49-32)44(58)52-22-12-17-37(52)43(57)51-40(29(4)7-2)46(60)65-5;/h8-11,13-16,18-21,25,27-29,34,37-40H,6-7,12,17,22-24,26,47H2,1-5H3,(H,48,49)(H,50,56)(H,51,57);1H/t28-,29-,34-,37-,38-,39-,40-;/m0./s1. The van der Waals surface area contributed by atoms with Crippen LogP contribution in [0.4, 0.5) is 17.1 Å². The maximum atomic E-state index is 15.4. The van der Waals surface area contributed by atoms with E-state index in [9.17, 15) is 34.6 Å². The molecule has 360 valence electrons. The van der Waals surface area contributed by atoms with Crippen LogP contribution in [-0.4, -0.2) is 98.2 Å². The van der Waals surface area contributed by atoms with Gasteiger partial charge in [-0.25, -0.2) is 9.78 Å². The van der Waals surface area contributed by atoms with Gasteiger partial charge in [-0.3, -0.25) is 44.3 Å². The Balaban J connectivity index is 0.00000980. The predicted octanol–water partition coefficient (Wildman–Crippen LogP) is 4.97. The molecule has 4 aromatic rings. The number of nitro benzene ring substituents is 2. The molecule has 2 heterocycles. The fourth-order valence-corrected chi connectivity index (χ4v) is 7.82. The minimum atomic E-state index is -1.72. The van der Waals surface area contributed by atoms with Crippen LogP contribution in [0.1, 0.15) is 70.2 Å². The first-order valence-electron chi connectivity index (χ1n) is 21.8. The maximum absolute atomic E-state index is 15.4. The average molecular weight is 948 g/mol. The summed E-state index contributed by atoms with van der Waals surface area (Å²) in [5.41, 5.74) is 5.71. The zero-order valence-corrected chi connectivity index (χ0v) is 38.8. The van der Waals surface area contributed by atoms with Gasteiger partial charge in [0.15, 0.2) is 0 Å². The third-order valence-electron chi connectivity index (χ3n) is 12.0. The van der Waals surface area contributed by atoms with Crippen molar-refractivity contribution >= 4 is 59.1 Å². The Bertz CT molecular complexity index is 2340. The highest BCUT2D eigenvalue weighted by atomic mass is 35.5. The van der Waals surface area contributed by atoms with E-state index < -0.39 is 92.6 Å². The normalized spacial score (nSPS) is 15.9. The van der Waals surface area contributed by atoms with Gasteiger partial charge < -0.3 is 35.7 Å². The third kappa shape index (κ3) is 13.1. The van der Waals surface area contributed by atoms with Crippen LogP contribution in [-0.2, 0) is 48.2 Å². The first-order valence-corrected chi connectivity index (χ1v) is 21.8. The summed E-state index contributed by atoms with van der Waals surface area (Å²) in [5, 5.41) is 30.6. The zero-order valence-electron chi connectivity index (χ0n) is 38.0. The van der Waals surface area contributed by atoms with Crippen LogP contribution < -0.4 is 26.0 Å². The topological polar surface area (TPSA) is 275 Å². The summed E-state index contributed by atoms with van der Waals surface area (Å²) in [4.78, 5) is 104. The summed E-state index contributed by atoms with van der Waals surface area (Å²) in [7, 11) is 1.19. The Morgan fingerprint density at radius 2 is 1.57 bits per heavy atom. The number of nitrogens with zero attached hydrogens (tertiary/aromatic N) is 5. The molecule has 0 saturated carbocycles. The van der Waals surface area contributed by atoms with Gasteiger partial charge >= 0.3 is 17.3 Å². The number of amides is 4. The van der Waals surface area contributed by atoms with Crippen LogP contribution in [0.15, 0.2) is 85.3 Å². The fourth-order valence-electron chi connectivity index (χ4n) is 7.82. The van der Waals surface area contributed by atoms with E-state index in [0.717, 1.165) is 28.7 Å². The molecule has 0 spiro atoms. The number of benzene rings is 3. The molecule has 21 heteroatoms. The number of esters is 1. The summed E-state index contributed by atoms with van der Waals surface area (Å²) in [6.07, 6.45) is 3.71. The number of ether oxygens (including phenoxy) is 2. The number of carbonyl (C=O) groups excluding carboxylic acids is 5. The second-order valence-electron chi connectivity index (χ2n) is 16.3. The van der Waals surface area contributed by atoms with Gasteiger partial charge in [0.1, 0.15) is 42.2 Å². The van der Waals surface area contributed by atoms with Crippen LogP contribution in [0.25, 0.3) is 0 Å². The van der Waals surface area contributed by atoms with E-state index in [2.05, 4.69) is 20.6 Å². The van der Waals surface area contributed by atoms with Crippen molar-refractivity contribution < 1.29 is 43.3 Å². The molecule has 4 amide bonds. The molecular weight excluding hydrogens is 890 g/mol. The number of aromatic nitrogens is 2. The second-order valence-corrected chi connectivity index (χ2v) is 16.3. The number of hydrogen-bond donors (Lipinski definition) is 4. The molecule has 3 aromatic carbocycles. The van der Waals surface area contributed by atoms with E-state index in [-0.39, 0.29) is 56.2 Å². The molecule has 7 atom stereocenters. The number of halogens is 1. The number of methoxy groups -OCH3 is 1. The number of hydrogen-bond acceptors (Lipinski definition) is 13. The number of para-hydroxylation sites is 1. The van der Waals surface area contributed by atoms with Gasteiger partial charge in [-0.1, -0.05) is 89.1 Å². The molecule has 1 aliphatic heterocycles. The first-order chi connectivity index (χ1) is 31.6. The molecule has 1 aromatic heterocycles. The van der Waals surface area contributed by atoms with E-state index in [4.69, 9.17) is 15.2 Å². The van der Waals surface area contributed by atoms with Gasteiger partial charge in [0, 0.05) is 25.2 Å². The molecule has 20 nitrogen and oxygen atoms in total. The van der Waals surface area contributed by atoms with E-state index >= 15 is 9.59 Å². The van der Waals surface area contributed by atoms with E-state index in [1.165, 1.54) is 24.5 Å². The van der Waals surface area contributed by atoms with Gasteiger partial charge in [-0.2, -0.15) is 0 Å². The number of nitrogens with two attached hydrogens (primary N) is 1. The molecule has 5 rings (SSSR count). The number of aromatic amines is 1. The highest BCUT2D eigenvalue weighted by Crippen LogP contribution is 2.39. The lowest BCUT2D eigenvalue weighted by atomic mass is 9.94. The number of anilines is 1. The Labute approximate surface area is 394 Å². The van der Waals surface area contributed by atoms with E-state index in [1.807, 2.05) is 37.3 Å². The number of likely N-dealkylation sites (tertiary alicyclic amines) is 1. The quantitative estimate of drug-likeness (QED) is 0.0461. The van der Waals surface area contributed by atoms with E-state index in [0.29, 0.717) is 30.8 Å². The molecule has 0 radical (unpaired) electrons. The maximum Gasteiger partial charge on any atom is 0.369 e.